The molecular formula is C19H23ClN4O. The van der Waals surface area contributed by atoms with Crippen LogP contribution in [0.25, 0.3) is 0 Å². The van der Waals surface area contributed by atoms with Crippen LogP contribution in [-0.2, 0) is 11.2 Å². The highest BCUT2D eigenvalue weighted by Gasteiger charge is 2.19. The molecule has 6 heteroatoms. The summed E-state index contributed by atoms with van der Waals surface area (Å²) in [6, 6.07) is 11.8. The van der Waals surface area contributed by atoms with Gasteiger partial charge in [-0.3, -0.25) is 9.69 Å². The minimum Gasteiger partial charge on any atom is -0.354 e. The quantitative estimate of drug-likeness (QED) is 0.892. The van der Waals surface area contributed by atoms with E-state index in [0.29, 0.717) is 11.6 Å². The number of aromatic nitrogens is 1. The van der Waals surface area contributed by atoms with Crippen molar-refractivity contribution >= 4 is 29.0 Å². The third kappa shape index (κ3) is 4.94. The van der Waals surface area contributed by atoms with E-state index in [9.17, 15) is 4.79 Å². The van der Waals surface area contributed by atoms with Crippen LogP contribution in [0.1, 0.15) is 12.5 Å². The van der Waals surface area contributed by atoms with Crippen LogP contribution in [0.2, 0.25) is 5.02 Å². The molecule has 1 aliphatic heterocycles. The summed E-state index contributed by atoms with van der Waals surface area (Å²) in [4.78, 5) is 21.0. The van der Waals surface area contributed by atoms with Crippen molar-refractivity contribution in [2.75, 3.05) is 42.9 Å². The Kier molecular flexibility index (Phi) is 5.89. The van der Waals surface area contributed by atoms with Gasteiger partial charge in [-0.15, -0.1) is 0 Å². The number of benzene rings is 1. The van der Waals surface area contributed by atoms with E-state index in [1.165, 1.54) is 5.56 Å². The van der Waals surface area contributed by atoms with E-state index in [1.807, 2.05) is 30.3 Å². The SMILES string of the molecule is CCc1cccc(NC(=O)CN2CCN(c3ccc(Cl)cn3)CC2)c1. The van der Waals surface area contributed by atoms with Crippen LogP contribution in [0.3, 0.4) is 0 Å². The Morgan fingerprint density at radius 3 is 2.68 bits per heavy atom. The zero-order valence-corrected chi connectivity index (χ0v) is 15.2. The van der Waals surface area contributed by atoms with Crippen LogP contribution in [0.15, 0.2) is 42.6 Å². The molecule has 0 spiro atoms. The van der Waals surface area contributed by atoms with Crippen molar-refractivity contribution in [2.24, 2.45) is 0 Å². The molecule has 0 atom stereocenters. The van der Waals surface area contributed by atoms with Gasteiger partial charge in [0.15, 0.2) is 0 Å². The van der Waals surface area contributed by atoms with Gasteiger partial charge in [-0.25, -0.2) is 4.98 Å². The minimum absolute atomic E-state index is 0.0336. The van der Waals surface area contributed by atoms with Crippen molar-refractivity contribution in [1.29, 1.82) is 0 Å². The predicted molar refractivity (Wildman–Crippen MR) is 102 cm³/mol. The smallest absolute Gasteiger partial charge is 0.238 e. The lowest BCUT2D eigenvalue weighted by atomic mass is 10.1. The molecule has 1 aromatic carbocycles. The summed E-state index contributed by atoms with van der Waals surface area (Å²) in [7, 11) is 0. The minimum atomic E-state index is 0.0336. The third-order valence-corrected chi connectivity index (χ3v) is 4.62. The molecule has 1 fully saturated rings. The van der Waals surface area contributed by atoms with Crippen molar-refractivity contribution in [1.82, 2.24) is 9.88 Å². The monoisotopic (exact) mass is 358 g/mol. The van der Waals surface area contributed by atoms with Crippen LogP contribution in [0.5, 0.6) is 0 Å². The second-order valence-corrected chi connectivity index (χ2v) is 6.64. The average Bonchev–Trinajstić information content (AvgIpc) is 2.63. The summed E-state index contributed by atoms with van der Waals surface area (Å²) < 4.78 is 0. The van der Waals surface area contributed by atoms with Crippen LogP contribution in [-0.4, -0.2) is 48.5 Å². The van der Waals surface area contributed by atoms with Gasteiger partial charge >= 0.3 is 0 Å². The van der Waals surface area contributed by atoms with Gasteiger partial charge in [0, 0.05) is 38.1 Å². The number of carbonyl (C=O) groups is 1. The molecule has 0 saturated carbocycles. The number of nitrogens with zero attached hydrogens (tertiary/aromatic N) is 3. The number of hydrogen-bond acceptors (Lipinski definition) is 4. The van der Waals surface area contributed by atoms with E-state index >= 15 is 0 Å². The number of carbonyl (C=O) groups excluding carboxylic acids is 1. The topological polar surface area (TPSA) is 48.5 Å². The fourth-order valence-corrected chi connectivity index (χ4v) is 3.07. The molecule has 0 aliphatic carbocycles. The van der Waals surface area contributed by atoms with Crippen molar-refractivity contribution in [3.63, 3.8) is 0 Å². The summed E-state index contributed by atoms with van der Waals surface area (Å²) in [6.07, 6.45) is 2.63. The molecule has 5 nitrogen and oxygen atoms in total. The lowest BCUT2D eigenvalue weighted by molar-refractivity contribution is -0.117. The van der Waals surface area contributed by atoms with Crippen molar-refractivity contribution in [2.45, 2.75) is 13.3 Å². The lowest BCUT2D eigenvalue weighted by Gasteiger charge is -2.35. The normalized spacial score (nSPS) is 15.2. The maximum atomic E-state index is 12.3. The van der Waals surface area contributed by atoms with Crippen molar-refractivity contribution in [3.05, 3.63) is 53.2 Å². The first-order valence-electron chi connectivity index (χ1n) is 8.61. The molecule has 2 heterocycles. The third-order valence-electron chi connectivity index (χ3n) is 4.39. The summed E-state index contributed by atoms with van der Waals surface area (Å²) in [5, 5.41) is 3.64. The molecular weight excluding hydrogens is 336 g/mol. The van der Waals surface area contributed by atoms with Gasteiger partial charge in [0.05, 0.1) is 11.6 Å². The molecule has 132 valence electrons. The van der Waals surface area contributed by atoms with E-state index in [1.54, 1.807) is 6.20 Å². The summed E-state index contributed by atoms with van der Waals surface area (Å²) in [6.45, 7) is 5.91. The highest BCUT2D eigenvalue weighted by Crippen LogP contribution is 2.16. The van der Waals surface area contributed by atoms with Crippen LogP contribution in [0.4, 0.5) is 11.5 Å². The largest absolute Gasteiger partial charge is 0.354 e. The molecule has 0 bridgehead atoms. The van der Waals surface area contributed by atoms with Crippen LogP contribution >= 0.6 is 11.6 Å². The fraction of sp³-hybridized carbons (Fsp3) is 0.368. The number of nitrogens with one attached hydrogen (secondary N) is 1. The summed E-state index contributed by atoms with van der Waals surface area (Å²) in [5.41, 5.74) is 2.09. The van der Waals surface area contributed by atoms with Gasteiger partial charge in [-0.05, 0) is 36.2 Å². The Balaban J connectivity index is 1.48. The van der Waals surface area contributed by atoms with E-state index in [-0.39, 0.29) is 5.91 Å². The summed E-state index contributed by atoms with van der Waals surface area (Å²) >= 11 is 5.88. The molecule has 25 heavy (non-hydrogen) atoms. The molecule has 0 unspecified atom stereocenters. The van der Waals surface area contributed by atoms with Gasteiger partial charge in [-0.1, -0.05) is 30.7 Å². The number of halogens is 1. The Hall–Kier alpha value is -2.11. The first-order valence-corrected chi connectivity index (χ1v) is 8.99. The van der Waals surface area contributed by atoms with Crippen molar-refractivity contribution < 1.29 is 4.79 Å². The molecule has 1 aliphatic rings. The molecule has 1 saturated heterocycles. The van der Waals surface area contributed by atoms with E-state index < -0.39 is 0 Å². The number of hydrogen-bond donors (Lipinski definition) is 1. The maximum Gasteiger partial charge on any atom is 0.238 e. The molecule has 1 amide bonds. The van der Waals surface area contributed by atoms with Gasteiger partial charge in [0.25, 0.3) is 0 Å². The van der Waals surface area contributed by atoms with E-state index in [4.69, 9.17) is 11.6 Å². The first-order chi connectivity index (χ1) is 12.1. The molecule has 3 rings (SSSR count). The maximum absolute atomic E-state index is 12.3. The Morgan fingerprint density at radius 1 is 1.20 bits per heavy atom. The van der Waals surface area contributed by atoms with Gasteiger partial charge in [0.2, 0.25) is 5.91 Å². The number of pyridine rings is 1. The van der Waals surface area contributed by atoms with Crippen LogP contribution in [0, 0.1) is 0 Å². The highest BCUT2D eigenvalue weighted by molar-refractivity contribution is 6.30. The fourth-order valence-electron chi connectivity index (χ4n) is 2.96. The van der Waals surface area contributed by atoms with E-state index in [0.717, 1.165) is 44.1 Å². The number of aryl methyl sites for hydroxylation is 1. The second kappa shape index (κ2) is 8.32. The summed E-state index contributed by atoms with van der Waals surface area (Å²) in [5.74, 6) is 0.969. The first kappa shape index (κ1) is 17.7. The standard InChI is InChI=1S/C19H23ClN4O/c1-2-15-4-3-5-17(12-15)22-19(25)14-23-8-10-24(11-9-23)18-7-6-16(20)13-21-18/h3-7,12-13H,2,8-11,14H2,1H3,(H,22,25). The van der Waals surface area contributed by atoms with Crippen LogP contribution < -0.4 is 10.2 Å². The highest BCUT2D eigenvalue weighted by atomic mass is 35.5. The number of anilines is 2. The Morgan fingerprint density at radius 2 is 2.00 bits per heavy atom. The van der Waals surface area contributed by atoms with Gasteiger partial charge in [-0.2, -0.15) is 0 Å². The second-order valence-electron chi connectivity index (χ2n) is 6.20. The Labute approximate surface area is 153 Å². The van der Waals surface area contributed by atoms with Gasteiger partial charge < -0.3 is 10.2 Å². The predicted octanol–water partition coefficient (Wildman–Crippen LogP) is 3.06. The number of amides is 1. The zero-order chi connectivity index (χ0) is 17.6. The molecule has 1 N–H and O–H groups in total. The molecule has 1 aromatic heterocycles. The Bertz CT molecular complexity index is 712. The molecule has 2 aromatic rings. The van der Waals surface area contributed by atoms with Gasteiger partial charge in [0.1, 0.15) is 5.82 Å². The lowest BCUT2D eigenvalue weighted by Crippen LogP contribution is -2.48. The van der Waals surface area contributed by atoms with Crippen molar-refractivity contribution in [3.8, 4) is 0 Å². The molecule has 0 radical (unpaired) electrons. The average molecular weight is 359 g/mol. The number of piperazine rings is 1. The zero-order valence-electron chi connectivity index (χ0n) is 14.4. The number of rotatable bonds is 5. The van der Waals surface area contributed by atoms with E-state index in [2.05, 4.69) is 33.1 Å².